The first-order chi connectivity index (χ1) is 3.73. The van der Waals surface area contributed by atoms with Crippen LogP contribution >= 0.6 is 0 Å². The van der Waals surface area contributed by atoms with Gasteiger partial charge in [-0.05, 0) is 0 Å². The molecule has 0 aliphatic heterocycles. The average Bonchev–Trinajstić information content (AvgIpc) is 1.19. The molecular formula is H9AlCaO7SSi. The van der Waals surface area contributed by atoms with Crippen molar-refractivity contribution in [2.24, 2.45) is 0 Å². The van der Waals surface area contributed by atoms with Gasteiger partial charge in [0.25, 0.3) is 0 Å². The summed E-state index contributed by atoms with van der Waals surface area (Å²) in [6.07, 6.45) is 0. The van der Waals surface area contributed by atoms with E-state index in [4.69, 9.17) is 31.6 Å². The molecule has 0 fully saturated rings. The SMILES string of the molecule is O=S(=O)(O)O.O=[Si](O)O.[AlH3].[CaH2]. The van der Waals surface area contributed by atoms with Gasteiger partial charge >= 0.3 is 57.3 Å². The maximum atomic E-state index is 8.74. The predicted molar refractivity (Wildman–Crippen MR) is 43.5 cm³/mol. The zero-order valence-corrected chi connectivity index (χ0v) is 5.74. The van der Waals surface area contributed by atoms with Crippen molar-refractivity contribution in [2.45, 2.75) is 0 Å². The van der Waals surface area contributed by atoms with Gasteiger partial charge in [-0.2, -0.15) is 8.42 Å². The van der Waals surface area contributed by atoms with E-state index in [1.54, 1.807) is 0 Å². The van der Waals surface area contributed by atoms with Gasteiger partial charge in [0.2, 0.25) is 0 Å². The second-order valence-electron chi connectivity index (χ2n) is 0.730. The minimum absolute atomic E-state index is 0. The zero-order chi connectivity index (χ0) is 8.08. The molecule has 0 aromatic rings. The first-order valence-corrected chi connectivity index (χ1v) is 4.05. The molecule has 0 spiro atoms. The van der Waals surface area contributed by atoms with E-state index in [0.29, 0.717) is 0 Å². The molecule has 11 heteroatoms. The molecule has 0 radical (unpaired) electrons. The van der Waals surface area contributed by atoms with E-state index in [0.717, 1.165) is 0 Å². The summed E-state index contributed by atoms with van der Waals surface area (Å²) in [6, 6.07) is 0. The monoisotopic (exact) mass is 248 g/mol. The van der Waals surface area contributed by atoms with Crippen LogP contribution in [0, 0.1) is 0 Å². The van der Waals surface area contributed by atoms with Crippen molar-refractivity contribution in [3.8, 4) is 0 Å². The van der Waals surface area contributed by atoms with Gasteiger partial charge in [0.05, 0.1) is 0 Å². The fraction of sp³-hybridized carbons (Fsp3) is 0. The summed E-state index contributed by atoms with van der Waals surface area (Å²) < 4.78 is 40.3. The first-order valence-electron chi connectivity index (χ1n) is 1.35. The topological polar surface area (TPSA) is 132 Å². The molecule has 0 bridgehead atoms. The predicted octanol–water partition coefficient (Wildman–Crippen LogP) is -4.37. The third-order valence-electron chi connectivity index (χ3n) is 0. The van der Waals surface area contributed by atoms with Gasteiger partial charge in [0, 0.05) is 0 Å². The van der Waals surface area contributed by atoms with E-state index < -0.39 is 19.6 Å². The molecule has 11 heavy (non-hydrogen) atoms. The van der Waals surface area contributed by atoms with Crippen molar-refractivity contribution >= 4 is 74.7 Å². The molecule has 0 aliphatic rings. The van der Waals surface area contributed by atoms with Crippen molar-refractivity contribution in [3.05, 3.63) is 0 Å². The second kappa shape index (κ2) is 11.3. The Morgan fingerprint density at radius 2 is 1.09 bits per heavy atom. The molecule has 0 saturated carbocycles. The van der Waals surface area contributed by atoms with Crippen LogP contribution in [0.15, 0.2) is 0 Å². The Morgan fingerprint density at radius 3 is 1.09 bits per heavy atom. The van der Waals surface area contributed by atoms with Gasteiger partial charge in [-0.15, -0.1) is 0 Å². The van der Waals surface area contributed by atoms with Crippen LogP contribution in [0.5, 0.6) is 0 Å². The Labute approximate surface area is 105 Å². The molecule has 0 unspecified atom stereocenters. The summed E-state index contributed by atoms with van der Waals surface area (Å²) in [5, 5.41) is 0. The van der Waals surface area contributed by atoms with Crippen molar-refractivity contribution in [2.75, 3.05) is 0 Å². The van der Waals surface area contributed by atoms with E-state index >= 15 is 0 Å². The quantitative estimate of drug-likeness (QED) is 0.251. The Kier molecular flexibility index (Phi) is 23.4. The van der Waals surface area contributed by atoms with E-state index in [2.05, 4.69) is 0 Å². The van der Waals surface area contributed by atoms with Crippen molar-refractivity contribution in [1.29, 1.82) is 0 Å². The van der Waals surface area contributed by atoms with Gasteiger partial charge in [0.15, 0.2) is 17.4 Å². The molecule has 0 aromatic heterocycles. The van der Waals surface area contributed by atoms with Crippen LogP contribution in [0.3, 0.4) is 0 Å². The Morgan fingerprint density at radius 1 is 1.09 bits per heavy atom. The van der Waals surface area contributed by atoms with Gasteiger partial charge in [0.1, 0.15) is 0 Å². The molecule has 0 heterocycles. The van der Waals surface area contributed by atoms with Crippen LogP contribution in [-0.4, -0.2) is 91.4 Å². The summed E-state index contributed by atoms with van der Waals surface area (Å²) in [5.74, 6) is 0. The first kappa shape index (κ1) is 22.8. The van der Waals surface area contributed by atoms with Gasteiger partial charge in [-0.25, -0.2) is 0 Å². The Bertz CT molecular complexity index is 161. The zero-order valence-electron chi connectivity index (χ0n) is 3.92. The van der Waals surface area contributed by atoms with E-state index in [-0.39, 0.29) is 55.1 Å². The average molecular weight is 248 g/mol. The summed E-state index contributed by atoms with van der Waals surface area (Å²) >= 11 is 0. The summed E-state index contributed by atoms with van der Waals surface area (Å²) in [6.45, 7) is 0. The summed E-state index contributed by atoms with van der Waals surface area (Å²) in [5.41, 5.74) is 0. The van der Waals surface area contributed by atoms with Gasteiger partial charge < -0.3 is 9.59 Å². The number of hydrogen-bond donors (Lipinski definition) is 4. The minimum atomic E-state index is -4.67. The fourth-order valence-electron chi connectivity index (χ4n) is 0. The number of hydrogen-bond acceptors (Lipinski definition) is 3. The van der Waals surface area contributed by atoms with Gasteiger partial charge in [-0.3, -0.25) is 13.6 Å². The summed E-state index contributed by atoms with van der Waals surface area (Å²) in [4.78, 5) is 14.3. The van der Waals surface area contributed by atoms with E-state index in [1.807, 2.05) is 0 Å². The van der Waals surface area contributed by atoms with Crippen LogP contribution < -0.4 is 0 Å². The molecular weight excluding hydrogens is 239 g/mol. The van der Waals surface area contributed by atoms with E-state index in [9.17, 15) is 0 Å². The van der Waals surface area contributed by atoms with E-state index in [1.165, 1.54) is 0 Å². The third kappa shape index (κ3) is 594. The molecule has 66 valence electrons. The molecule has 0 saturated heterocycles. The second-order valence-corrected chi connectivity index (χ2v) is 2.19. The molecule has 0 amide bonds. The third-order valence-corrected chi connectivity index (χ3v) is 0. The molecule has 0 aromatic carbocycles. The van der Waals surface area contributed by atoms with Crippen molar-refractivity contribution in [1.82, 2.24) is 0 Å². The summed E-state index contributed by atoms with van der Waals surface area (Å²) in [7, 11) is -7.80. The standard InChI is InChI=1S/Al.Ca.H2O4S.H2O3Si.5H/c;;1-5(2,3)4;1-4(2)3;;;;;/h;;(H2,1,2,3,4);1-2H;;;;;. The molecule has 7 nitrogen and oxygen atoms in total. The Balaban J connectivity index is -0.0000000383. The van der Waals surface area contributed by atoms with Gasteiger partial charge in [-0.1, -0.05) is 0 Å². The maximum absolute atomic E-state index is 8.74. The normalized spacial score (nSPS) is 7.45. The molecule has 0 atom stereocenters. The van der Waals surface area contributed by atoms with Crippen LogP contribution in [0.2, 0.25) is 0 Å². The van der Waals surface area contributed by atoms with Crippen LogP contribution in [0.1, 0.15) is 0 Å². The van der Waals surface area contributed by atoms with Crippen LogP contribution in [-0.2, 0) is 14.9 Å². The molecule has 0 aliphatic carbocycles. The number of rotatable bonds is 0. The molecule has 4 N–H and O–H groups in total. The fourth-order valence-corrected chi connectivity index (χ4v) is 0. The van der Waals surface area contributed by atoms with Crippen molar-refractivity contribution < 1.29 is 31.6 Å². The van der Waals surface area contributed by atoms with Crippen LogP contribution in [0.25, 0.3) is 0 Å². The molecule has 0 rings (SSSR count). The Hall–Kier alpha value is 1.28. The van der Waals surface area contributed by atoms with Crippen molar-refractivity contribution in [3.63, 3.8) is 0 Å². The van der Waals surface area contributed by atoms with Crippen LogP contribution in [0.4, 0.5) is 0 Å².